The van der Waals surface area contributed by atoms with Crippen LogP contribution in [-0.2, 0) is 6.54 Å². The molecule has 19 heavy (non-hydrogen) atoms. The van der Waals surface area contributed by atoms with Crippen LogP contribution in [-0.4, -0.2) is 24.3 Å². The Hall–Kier alpha value is -2.70. The smallest absolute Gasteiger partial charge is 0.180 e. The molecule has 0 saturated carbocycles. The van der Waals surface area contributed by atoms with Crippen LogP contribution >= 0.6 is 0 Å². The largest absolute Gasteiger partial charge is 0.382 e. The quantitative estimate of drug-likeness (QED) is 0.725. The van der Waals surface area contributed by atoms with Crippen molar-refractivity contribution < 1.29 is 0 Å². The first kappa shape index (κ1) is 11.4. The summed E-state index contributed by atoms with van der Waals surface area (Å²) in [5.41, 5.74) is 7.38. The molecule has 0 aliphatic heterocycles. The number of aryl methyl sites for hydroxylation is 1. The number of imidazole rings is 1. The summed E-state index contributed by atoms with van der Waals surface area (Å²) in [7, 11) is 0. The molecular formula is C12H13N7. The van der Waals surface area contributed by atoms with Crippen LogP contribution in [0.3, 0.4) is 0 Å². The van der Waals surface area contributed by atoms with Gasteiger partial charge in [-0.15, -0.1) is 0 Å². The molecule has 0 spiro atoms. The van der Waals surface area contributed by atoms with E-state index in [-0.39, 0.29) is 0 Å². The fourth-order valence-electron chi connectivity index (χ4n) is 1.85. The first-order valence-corrected chi connectivity index (χ1v) is 5.84. The van der Waals surface area contributed by atoms with E-state index in [0.717, 1.165) is 17.2 Å². The van der Waals surface area contributed by atoms with Crippen molar-refractivity contribution in [3.8, 4) is 0 Å². The third-order valence-electron chi connectivity index (χ3n) is 2.66. The molecule has 0 radical (unpaired) electrons. The molecule has 0 aliphatic rings. The Balaban J connectivity index is 1.87. The average molecular weight is 255 g/mol. The zero-order chi connectivity index (χ0) is 13.2. The molecular weight excluding hydrogens is 242 g/mol. The number of nitrogens with one attached hydrogen (secondary N) is 1. The lowest BCUT2D eigenvalue weighted by Crippen LogP contribution is -2.07. The highest BCUT2D eigenvalue weighted by Crippen LogP contribution is 2.15. The number of hydrogen-bond acceptors (Lipinski definition) is 6. The molecule has 96 valence electrons. The molecule has 3 aromatic rings. The number of rotatable bonds is 3. The van der Waals surface area contributed by atoms with Crippen molar-refractivity contribution >= 4 is 17.3 Å². The minimum atomic E-state index is 0.437. The van der Waals surface area contributed by atoms with Crippen LogP contribution in [0.5, 0.6) is 0 Å². The molecule has 0 fully saturated rings. The van der Waals surface area contributed by atoms with Gasteiger partial charge in [0.1, 0.15) is 11.6 Å². The van der Waals surface area contributed by atoms with Crippen LogP contribution in [0.4, 0.5) is 11.6 Å². The minimum absolute atomic E-state index is 0.437. The van der Waals surface area contributed by atoms with Crippen LogP contribution in [0.1, 0.15) is 11.5 Å². The predicted molar refractivity (Wildman–Crippen MR) is 71.5 cm³/mol. The minimum Gasteiger partial charge on any atom is -0.382 e. The summed E-state index contributed by atoms with van der Waals surface area (Å²) < 4.78 is 1.83. The van der Waals surface area contributed by atoms with Gasteiger partial charge in [0.15, 0.2) is 11.5 Å². The first-order chi connectivity index (χ1) is 9.22. The Labute approximate surface area is 109 Å². The monoisotopic (exact) mass is 255 g/mol. The first-order valence-electron chi connectivity index (χ1n) is 5.84. The van der Waals surface area contributed by atoms with E-state index < -0.39 is 0 Å². The van der Waals surface area contributed by atoms with Crippen molar-refractivity contribution in [2.75, 3.05) is 11.1 Å². The van der Waals surface area contributed by atoms with Gasteiger partial charge in [0.05, 0.1) is 18.4 Å². The zero-order valence-corrected chi connectivity index (χ0v) is 10.4. The van der Waals surface area contributed by atoms with Crippen molar-refractivity contribution in [1.82, 2.24) is 24.3 Å². The summed E-state index contributed by atoms with van der Waals surface area (Å²) in [6, 6.07) is 1.86. The average Bonchev–Trinajstić information content (AvgIpc) is 2.84. The Morgan fingerprint density at radius 3 is 3.00 bits per heavy atom. The van der Waals surface area contributed by atoms with Gasteiger partial charge in [-0.3, -0.25) is 0 Å². The fraction of sp³-hybridized carbons (Fsp3) is 0.167. The summed E-state index contributed by atoms with van der Waals surface area (Å²) in [5.74, 6) is 1.82. The van der Waals surface area contributed by atoms with Crippen LogP contribution in [0.25, 0.3) is 5.65 Å². The van der Waals surface area contributed by atoms with Gasteiger partial charge in [-0.2, -0.15) is 0 Å². The highest BCUT2D eigenvalue weighted by Gasteiger charge is 2.06. The van der Waals surface area contributed by atoms with Gasteiger partial charge in [0.2, 0.25) is 0 Å². The summed E-state index contributed by atoms with van der Waals surface area (Å²) in [6.45, 7) is 2.40. The standard InChI is InChI=1S/C12H13N7/c1-8-14-3-2-9(17-8)6-16-11-12-15-4-5-19(12)7-10(13)18-11/h2-5,7H,6,13H2,1H3,(H,16,18). The Morgan fingerprint density at radius 2 is 2.16 bits per heavy atom. The van der Waals surface area contributed by atoms with E-state index in [4.69, 9.17) is 5.73 Å². The Bertz CT molecular complexity index is 719. The lowest BCUT2D eigenvalue weighted by Gasteiger charge is -2.07. The Morgan fingerprint density at radius 1 is 1.26 bits per heavy atom. The lowest BCUT2D eigenvalue weighted by atomic mass is 10.4. The molecule has 7 heteroatoms. The fourth-order valence-corrected chi connectivity index (χ4v) is 1.85. The van der Waals surface area contributed by atoms with Gasteiger partial charge in [-0.05, 0) is 13.0 Å². The highest BCUT2D eigenvalue weighted by molar-refractivity contribution is 5.64. The molecule has 3 N–H and O–H groups in total. The molecule has 3 heterocycles. The molecule has 0 aromatic carbocycles. The number of anilines is 2. The SMILES string of the molecule is Cc1nccc(CNc2nc(N)cn3ccnc23)n1. The van der Waals surface area contributed by atoms with Gasteiger partial charge in [-0.25, -0.2) is 19.9 Å². The molecule has 0 bridgehead atoms. The molecule has 7 nitrogen and oxygen atoms in total. The number of hydrogen-bond donors (Lipinski definition) is 2. The second kappa shape index (κ2) is 4.52. The lowest BCUT2D eigenvalue weighted by molar-refractivity contribution is 0.948. The second-order valence-corrected chi connectivity index (χ2v) is 4.12. The van der Waals surface area contributed by atoms with E-state index in [9.17, 15) is 0 Å². The van der Waals surface area contributed by atoms with Crippen molar-refractivity contribution in [2.24, 2.45) is 0 Å². The predicted octanol–water partition coefficient (Wildman–Crippen LogP) is 1.02. The summed E-state index contributed by atoms with van der Waals surface area (Å²) in [6.07, 6.45) is 6.99. The van der Waals surface area contributed by atoms with E-state index >= 15 is 0 Å². The van der Waals surface area contributed by atoms with Gasteiger partial charge < -0.3 is 15.5 Å². The van der Waals surface area contributed by atoms with Crippen LogP contribution in [0, 0.1) is 6.92 Å². The normalized spacial score (nSPS) is 10.8. The van der Waals surface area contributed by atoms with E-state index in [1.807, 2.05) is 23.6 Å². The molecule has 0 amide bonds. The number of fused-ring (bicyclic) bond motifs is 1. The van der Waals surface area contributed by atoms with Crippen LogP contribution < -0.4 is 11.1 Å². The number of aromatic nitrogens is 5. The van der Waals surface area contributed by atoms with E-state index in [1.54, 1.807) is 18.6 Å². The maximum atomic E-state index is 5.75. The third kappa shape index (κ3) is 2.30. The van der Waals surface area contributed by atoms with Gasteiger partial charge in [0, 0.05) is 18.6 Å². The highest BCUT2D eigenvalue weighted by atomic mass is 15.1. The van der Waals surface area contributed by atoms with Gasteiger partial charge >= 0.3 is 0 Å². The van der Waals surface area contributed by atoms with E-state index in [1.165, 1.54) is 0 Å². The van der Waals surface area contributed by atoms with Crippen LogP contribution in [0.15, 0.2) is 30.9 Å². The molecule has 0 unspecified atom stereocenters. The Kier molecular flexibility index (Phi) is 2.71. The van der Waals surface area contributed by atoms with Crippen molar-refractivity contribution in [3.05, 3.63) is 42.4 Å². The molecule has 3 rings (SSSR count). The van der Waals surface area contributed by atoms with Crippen molar-refractivity contribution in [3.63, 3.8) is 0 Å². The van der Waals surface area contributed by atoms with E-state index in [0.29, 0.717) is 18.2 Å². The van der Waals surface area contributed by atoms with Crippen molar-refractivity contribution in [2.45, 2.75) is 13.5 Å². The molecule has 0 atom stereocenters. The third-order valence-corrected chi connectivity index (χ3v) is 2.66. The van der Waals surface area contributed by atoms with E-state index in [2.05, 4.69) is 25.3 Å². The number of nitrogen functional groups attached to an aromatic ring is 1. The zero-order valence-electron chi connectivity index (χ0n) is 10.4. The number of nitrogens with two attached hydrogens (primary N) is 1. The molecule has 0 aliphatic carbocycles. The maximum absolute atomic E-state index is 5.75. The topological polar surface area (TPSA) is 94.0 Å². The second-order valence-electron chi connectivity index (χ2n) is 4.12. The number of nitrogens with zero attached hydrogens (tertiary/aromatic N) is 5. The van der Waals surface area contributed by atoms with Crippen LogP contribution in [0.2, 0.25) is 0 Å². The van der Waals surface area contributed by atoms with Crippen molar-refractivity contribution in [1.29, 1.82) is 0 Å². The summed E-state index contributed by atoms with van der Waals surface area (Å²) >= 11 is 0. The summed E-state index contributed by atoms with van der Waals surface area (Å²) in [4.78, 5) is 16.9. The van der Waals surface area contributed by atoms with Gasteiger partial charge in [0.25, 0.3) is 0 Å². The maximum Gasteiger partial charge on any atom is 0.180 e. The van der Waals surface area contributed by atoms with Gasteiger partial charge in [-0.1, -0.05) is 0 Å². The molecule has 0 saturated heterocycles. The summed E-state index contributed by atoms with van der Waals surface area (Å²) in [5, 5.41) is 3.19. The molecule has 3 aromatic heterocycles.